The van der Waals surface area contributed by atoms with Crippen LogP contribution in [0.5, 0.6) is 0 Å². The SMILES string of the molecule is CCCCOC1CC(CCO)C1.CCCCOC1CC(CCOS(=O)(=O)c2ccc(C)cc2)C1. The number of rotatable bonds is 15. The molecule has 0 spiro atoms. The van der Waals surface area contributed by atoms with E-state index in [2.05, 4.69) is 13.8 Å². The van der Waals surface area contributed by atoms with E-state index in [1.807, 2.05) is 6.92 Å². The van der Waals surface area contributed by atoms with Gasteiger partial charge in [-0.25, -0.2) is 0 Å². The van der Waals surface area contributed by atoms with E-state index in [0.717, 1.165) is 63.2 Å². The van der Waals surface area contributed by atoms with E-state index in [0.29, 0.717) is 24.7 Å². The molecule has 7 heteroatoms. The molecule has 3 rings (SSSR count). The van der Waals surface area contributed by atoms with Gasteiger partial charge in [0.05, 0.1) is 23.7 Å². The summed E-state index contributed by atoms with van der Waals surface area (Å²) in [6.07, 6.45) is 11.7. The number of ether oxygens (including phenoxy) is 2. The quantitative estimate of drug-likeness (QED) is 0.249. The maximum atomic E-state index is 12.0. The molecule has 0 aliphatic heterocycles. The predicted octanol–water partition coefficient (Wildman–Crippen LogP) is 5.65. The molecule has 6 nitrogen and oxygen atoms in total. The van der Waals surface area contributed by atoms with Crippen LogP contribution in [0.25, 0.3) is 0 Å². The topological polar surface area (TPSA) is 82.1 Å². The van der Waals surface area contributed by atoms with Crippen LogP contribution in [0.3, 0.4) is 0 Å². The Kier molecular flexibility index (Phi) is 13.7. The Labute approximate surface area is 207 Å². The molecular formula is C27H46O6S. The van der Waals surface area contributed by atoms with Crippen molar-refractivity contribution >= 4 is 10.1 Å². The van der Waals surface area contributed by atoms with Gasteiger partial charge in [0.25, 0.3) is 10.1 Å². The summed E-state index contributed by atoms with van der Waals surface area (Å²) >= 11 is 0. The summed E-state index contributed by atoms with van der Waals surface area (Å²) in [5.41, 5.74) is 1.03. The lowest BCUT2D eigenvalue weighted by atomic mass is 9.80. The van der Waals surface area contributed by atoms with Gasteiger partial charge in [-0.3, -0.25) is 4.18 Å². The zero-order valence-corrected chi connectivity index (χ0v) is 22.2. The van der Waals surface area contributed by atoms with Gasteiger partial charge < -0.3 is 14.6 Å². The Hall–Kier alpha value is -0.990. The number of hydrogen-bond acceptors (Lipinski definition) is 6. The van der Waals surface area contributed by atoms with Crippen LogP contribution in [0.4, 0.5) is 0 Å². The fraction of sp³-hybridized carbons (Fsp3) is 0.778. The fourth-order valence-corrected chi connectivity index (χ4v) is 5.08. The number of aryl methyl sites for hydroxylation is 1. The molecule has 0 bridgehead atoms. The average Bonchev–Trinajstić information content (AvgIpc) is 2.76. The number of hydrogen-bond donors (Lipinski definition) is 1. The maximum absolute atomic E-state index is 12.0. The van der Waals surface area contributed by atoms with E-state index in [1.54, 1.807) is 24.3 Å². The minimum atomic E-state index is -3.62. The Morgan fingerprint density at radius 1 is 0.824 bits per heavy atom. The van der Waals surface area contributed by atoms with Crippen LogP contribution in [0.1, 0.15) is 83.6 Å². The van der Waals surface area contributed by atoms with Crippen LogP contribution in [0.15, 0.2) is 29.2 Å². The van der Waals surface area contributed by atoms with Gasteiger partial charge in [0.2, 0.25) is 0 Å². The Morgan fingerprint density at radius 3 is 1.79 bits per heavy atom. The molecule has 2 saturated carbocycles. The van der Waals surface area contributed by atoms with Crippen LogP contribution < -0.4 is 0 Å². The van der Waals surface area contributed by atoms with Gasteiger partial charge in [-0.05, 0) is 82.3 Å². The van der Waals surface area contributed by atoms with Crippen molar-refractivity contribution in [3.8, 4) is 0 Å². The molecule has 0 atom stereocenters. The molecule has 2 fully saturated rings. The fourth-order valence-electron chi connectivity index (χ4n) is 4.16. The summed E-state index contributed by atoms with van der Waals surface area (Å²) in [6.45, 7) is 8.61. The van der Waals surface area contributed by atoms with E-state index in [-0.39, 0.29) is 11.5 Å². The van der Waals surface area contributed by atoms with Gasteiger partial charge in [0.1, 0.15) is 0 Å². The zero-order chi connectivity index (χ0) is 24.8. The molecule has 0 amide bonds. The number of benzene rings is 1. The minimum absolute atomic E-state index is 0.229. The number of aliphatic hydroxyl groups excluding tert-OH is 1. The molecule has 0 heterocycles. The van der Waals surface area contributed by atoms with Gasteiger partial charge in [-0.2, -0.15) is 8.42 Å². The first-order valence-corrected chi connectivity index (χ1v) is 14.6. The van der Waals surface area contributed by atoms with Gasteiger partial charge in [-0.1, -0.05) is 44.4 Å². The van der Waals surface area contributed by atoms with Crippen LogP contribution in [0.2, 0.25) is 0 Å². The summed E-state index contributed by atoms with van der Waals surface area (Å²) in [4.78, 5) is 0.229. The minimum Gasteiger partial charge on any atom is -0.396 e. The van der Waals surface area contributed by atoms with E-state index < -0.39 is 10.1 Å². The Balaban J connectivity index is 0.000000287. The predicted molar refractivity (Wildman–Crippen MR) is 135 cm³/mol. The van der Waals surface area contributed by atoms with E-state index >= 15 is 0 Å². The van der Waals surface area contributed by atoms with Crippen LogP contribution in [0, 0.1) is 18.8 Å². The third-order valence-electron chi connectivity index (χ3n) is 6.70. The van der Waals surface area contributed by atoms with Crippen molar-refractivity contribution in [2.24, 2.45) is 11.8 Å². The first kappa shape index (κ1) is 29.2. The summed E-state index contributed by atoms with van der Waals surface area (Å²) in [5.74, 6) is 1.27. The van der Waals surface area contributed by atoms with Crippen molar-refractivity contribution in [3.63, 3.8) is 0 Å². The van der Waals surface area contributed by atoms with Crippen molar-refractivity contribution in [2.45, 2.75) is 102 Å². The van der Waals surface area contributed by atoms with E-state index in [4.69, 9.17) is 18.8 Å². The molecule has 0 unspecified atom stereocenters. The standard InChI is InChI=1S/C17H26O4S.C10H20O2/c1-3-4-10-20-16-12-15(13-16)9-11-21-22(18,19)17-7-5-14(2)6-8-17;1-2-3-6-12-10-7-9(8-10)4-5-11/h5-8,15-16H,3-4,9-13H2,1-2H3;9-11H,2-8H2,1H3. The highest BCUT2D eigenvalue weighted by Gasteiger charge is 2.30. The molecule has 1 aromatic rings. The van der Waals surface area contributed by atoms with Crippen molar-refractivity contribution in [3.05, 3.63) is 29.8 Å². The molecule has 1 N–H and O–H groups in total. The Bertz CT molecular complexity index is 749. The molecule has 0 radical (unpaired) electrons. The molecule has 196 valence electrons. The van der Waals surface area contributed by atoms with Crippen LogP contribution in [-0.4, -0.2) is 52.2 Å². The van der Waals surface area contributed by atoms with Gasteiger partial charge in [-0.15, -0.1) is 0 Å². The van der Waals surface area contributed by atoms with Crippen LogP contribution >= 0.6 is 0 Å². The maximum Gasteiger partial charge on any atom is 0.296 e. The highest BCUT2D eigenvalue weighted by atomic mass is 32.2. The van der Waals surface area contributed by atoms with Crippen molar-refractivity contribution in [1.29, 1.82) is 0 Å². The normalized spacial score (nSPS) is 24.0. The van der Waals surface area contributed by atoms with E-state index in [9.17, 15) is 8.42 Å². The van der Waals surface area contributed by atoms with Gasteiger partial charge >= 0.3 is 0 Å². The summed E-state index contributed by atoms with van der Waals surface area (Å²) in [7, 11) is -3.62. The highest BCUT2D eigenvalue weighted by molar-refractivity contribution is 7.86. The van der Waals surface area contributed by atoms with Crippen molar-refractivity contribution < 1.29 is 27.2 Å². The highest BCUT2D eigenvalue weighted by Crippen LogP contribution is 2.33. The average molecular weight is 499 g/mol. The second kappa shape index (κ2) is 15.9. The lowest BCUT2D eigenvalue weighted by Gasteiger charge is -2.35. The van der Waals surface area contributed by atoms with Gasteiger partial charge in [0, 0.05) is 19.8 Å². The molecule has 1 aromatic carbocycles. The van der Waals surface area contributed by atoms with E-state index in [1.165, 1.54) is 25.7 Å². The largest absolute Gasteiger partial charge is 0.396 e. The lowest BCUT2D eigenvalue weighted by Crippen LogP contribution is -2.32. The third-order valence-corrected chi connectivity index (χ3v) is 8.03. The number of aliphatic hydroxyl groups is 1. The second-order valence-corrected chi connectivity index (χ2v) is 11.4. The second-order valence-electron chi connectivity index (χ2n) is 9.76. The van der Waals surface area contributed by atoms with Crippen LogP contribution in [-0.2, 0) is 23.8 Å². The molecular weight excluding hydrogens is 452 g/mol. The first-order valence-electron chi connectivity index (χ1n) is 13.2. The van der Waals surface area contributed by atoms with Gasteiger partial charge in [0.15, 0.2) is 0 Å². The molecule has 2 aliphatic carbocycles. The molecule has 0 saturated heterocycles. The molecule has 34 heavy (non-hydrogen) atoms. The Morgan fingerprint density at radius 2 is 1.32 bits per heavy atom. The third kappa shape index (κ3) is 10.7. The zero-order valence-electron chi connectivity index (χ0n) is 21.4. The summed E-state index contributed by atoms with van der Waals surface area (Å²) in [6, 6.07) is 6.73. The summed E-state index contributed by atoms with van der Waals surface area (Å²) in [5, 5.41) is 8.66. The molecule has 2 aliphatic rings. The first-order chi connectivity index (χ1) is 16.4. The van der Waals surface area contributed by atoms with Crippen molar-refractivity contribution in [2.75, 3.05) is 26.4 Å². The summed E-state index contributed by atoms with van der Waals surface area (Å²) < 4.78 is 40.5. The monoisotopic (exact) mass is 498 g/mol. The molecule has 0 aromatic heterocycles. The number of unbranched alkanes of at least 4 members (excludes halogenated alkanes) is 2. The lowest BCUT2D eigenvalue weighted by molar-refractivity contribution is -0.0367. The smallest absolute Gasteiger partial charge is 0.296 e. The van der Waals surface area contributed by atoms with Crippen molar-refractivity contribution in [1.82, 2.24) is 0 Å².